The molecular weight excluding hydrogens is 348 g/mol. The van der Waals surface area contributed by atoms with Crippen molar-refractivity contribution in [1.29, 1.82) is 0 Å². The molecule has 0 atom stereocenters. The molecular formula is C20H19ClN4O. The molecule has 132 valence electrons. The number of hydrogen-bond donors (Lipinski definition) is 2. The van der Waals surface area contributed by atoms with Crippen molar-refractivity contribution in [1.82, 2.24) is 9.97 Å². The van der Waals surface area contributed by atoms with Crippen LogP contribution in [0.15, 0.2) is 60.8 Å². The normalized spacial score (nSPS) is 10.4. The topological polar surface area (TPSA) is 66.9 Å². The minimum absolute atomic E-state index is 0.293. The molecule has 0 aliphatic carbocycles. The van der Waals surface area contributed by atoms with Gasteiger partial charge in [0, 0.05) is 23.5 Å². The second-order valence-corrected chi connectivity index (χ2v) is 6.28. The zero-order valence-corrected chi connectivity index (χ0v) is 15.1. The largest absolute Gasteiger partial charge is 0.354 e. The fourth-order valence-corrected chi connectivity index (χ4v) is 2.62. The van der Waals surface area contributed by atoms with E-state index in [0.717, 1.165) is 12.0 Å². The molecule has 0 spiro atoms. The van der Waals surface area contributed by atoms with E-state index in [9.17, 15) is 4.79 Å². The first-order valence-electron chi connectivity index (χ1n) is 8.30. The maximum absolute atomic E-state index is 12.5. The van der Waals surface area contributed by atoms with Crippen molar-refractivity contribution in [3.63, 3.8) is 0 Å². The van der Waals surface area contributed by atoms with Crippen molar-refractivity contribution in [2.75, 3.05) is 17.2 Å². The summed E-state index contributed by atoms with van der Waals surface area (Å²) < 4.78 is 0. The molecule has 0 aliphatic rings. The molecule has 0 saturated carbocycles. The maximum Gasteiger partial charge on any atom is 0.274 e. The summed E-state index contributed by atoms with van der Waals surface area (Å²) in [5.41, 5.74) is 3.12. The molecule has 0 unspecified atom stereocenters. The molecule has 0 fully saturated rings. The van der Waals surface area contributed by atoms with E-state index < -0.39 is 0 Å². The van der Waals surface area contributed by atoms with Gasteiger partial charge in [-0.15, -0.1) is 0 Å². The third kappa shape index (κ3) is 4.80. The molecule has 3 aromatic rings. The average Bonchev–Trinajstić information content (AvgIpc) is 2.66. The molecule has 26 heavy (non-hydrogen) atoms. The monoisotopic (exact) mass is 366 g/mol. The number of hydrogen-bond acceptors (Lipinski definition) is 4. The minimum Gasteiger partial charge on any atom is -0.354 e. The number of aryl methyl sites for hydroxylation is 1. The SMILES string of the molecule is Cc1ccc(Cl)cc1NC(=O)c1ccnc(NCCc2ccccc2)n1. The molecule has 0 radical (unpaired) electrons. The fraction of sp³-hybridized carbons (Fsp3) is 0.150. The number of amides is 1. The molecule has 6 heteroatoms. The van der Waals surface area contributed by atoms with Crippen molar-refractivity contribution >= 4 is 29.1 Å². The lowest BCUT2D eigenvalue weighted by molar-refractivity contribution is 0.102. The van der Waals surface area contributed by atoms with Crippen molar-refractivity contribution in [3.8, 4) is 0 Å². The highest BCUT2D eigenvalue weighted by molar-refractivity contribution is 6.31. The van der Waals surface area contributed by atoms with Gasteiger partial charge < -0.3 is 10.6 Å². The Morgan fingerprint density at radius 3 is 2.73 bits per heavy atom. The first kappa shape index (κ1) is 17.9. The van der Waals surface area contributed by atoms with Crippen LogP contribution < -0.4 is 10.6 Å². The number of carbonyl (C=O) groups is 1. The molecule has 2 N–H and O–H groups in total. The zero-order valence-electron chi connectivity index (χ0n) is 14.4. The quantitative estimate of drug-likeness (QED) is 0.680. The van der Waals surface area contributed by atoms with Crippen LogP contribution in [0, 0.1) is 6.92 Å². The highest BCUT2D eigenvalue weighted by Crippen LogP contribution is 2.20. The summed E-state index contributed by atoms with van der Waals surface area (Å²) in [7, 11) is 0. The van der Waals surface area contributed by atoms with E-state index in [0.29, 0.717) is 28.9 Å². The van der Waals surface area contributed by atoms with Crippen molar-refractivity contribution < 1.29 is 4.79 Å². The van der Waals surface area contributed by atoms with Crippen LogP contribution in [0.5, 0.6) is 0 Å². The highest BCUT2D eigenvalue weighted by Gasteiger charge is 2.11. The van der Waals surface area contributed by atoms with E-state index in [1.165, 1.54) is 5.56 Å². The molecule has 3 rings (SSSR count). The van der Waals surface area contributed by atoms with Crippen molar-refractivity contribution in [2.45, 2.75) is 13.3 Å². The van der Waals surface area contributed by atoms with E-state index in [1.807, 2.05) is 31.2 Å². The molecule has 0 bridgehead atoms. The predicted molar refractivity (Wildman–Crippen MR) is 105 cm³/mol. The number of aromatic nitrogens is 2. The van der Waals surface area contributed by atoms with Crippen LogP contribution in [0.4, 0.5) is 11.6 Å². The Morgan fingerprint density at radius 2 is 1.92 bits per heavy atom. The number of nitrogens with zero attached hydrogens (tertiary/aromatic N) is 2. The maximum atomic E-state index is 12.5. The Hall–Kier alpha value is -2.92. The van der Waals surface area contributed by atoms with Gasteiger partial charge >= 0.3 is 0 Å². The molecule has 5 nitrogen and oxygen atoms in total. The summed E-state index contributed by atoms with van der Waals surface area (Å²) >= 11 is 5.99. The average molecular weight is 367 g/mol. The molecule has 1 amide bonds. The van der Waals surface area contributed by atoms with Crippen LogP contribution in [0.2, 0.25) is 5.02 Å². The van der Waals surface area contributed by atoms with Gasteiger partial charge in [0.2, 0.25) is 5.95 Å². The number of benzene rings is 2. The van der Waals surface area contributed by atoms with Gasteiger partial charge in [0.05, 0.1) is 0 Å². The predicted octanol–water partition coefficient (Wildman–Crippen LogP) is 4.35. The smallest absolute Gasteiger partial charge is 0.274 e. The van der Waals surface area contributed by atoms with Gasteiger partial charge in [-0.1, -0.05) is 48.0 Å². The van der Waals surface area contributed by atoms with Crippen LogP contribution in [-0.4, -0.2) is 22.4 Å². The third-order valence-corrected chi connectivity index (χ3v) is 4.11. The lowest BCUT2D eigenvalue weighted by Gasteiger charge is -2.09. The van der Waals surface area contributed by atoms with Crippen LogP contribution in [0.3, 0.4) is 0 Å². The van der Waals surface area contributed by atoms with Crippen LogP contribution in [0.25, 0.3) is 0 Å². The molecule has 0 saturated heterocycles. The Bertz CT molecular complexity index is 899. The first-order chi connectivity index (χ1) is 12.6. The van der Waals surface area contributed by atoms with Crippen LogP contribution in [-0.2, 0) is 6.42 Å². The standard InChI is InChI=1S/C20H19ClN4O/c1-14-7-8-16(21)13-18(14)24-19(26)17-10-12-23-20(25-17)22-11-9-15-5-3-2-4-6-15/h2-8,10,12-13H,9,11H2,1H3,(H,24,26)(H,22,23,25). The van der Waals surface area contributed by atoms with E-state index in [2.05, 4.69) is 32.7 Å². The number of carbonyl (C=O) groups excluding carboxylic acids is 1. The summed E-state index contributed by atoms with van der Waals surface area (Å²) in [5.74, 6) is 0.125. The molecule has 1 heterocycles. The van der Waals surface area contributed by atoms with Crippen LogP contribution in [0.1, 0.15) is 21.6 Å². The van der Waals surface area contributed by atoms with Gasteiger partial charge in [-0.2, -0.15) is 0 Å². The zero-order chi connectivity index (χ0) is 18.4. The third-order valence-electron chi connectivity index (χ3n) is 3.88. The summed E-state index contributed by atoms with van der Waals surface area (Å²) in [6.45, 7) is 2.59. The van der Waals surface area contributed by atoms with Crippen molar-refractivity contribution in [2.24, 2.45) is 0 Å². The van der Waals surface area contributed by atoms with E-state index in [4.69, 9.17) is 11.6 Å². The Balaban J connectivity index is 1.62. The summed E-state index contributed by atoms with van der Waals surface area (Å²) in [6, 6.07) is 17.1. The number of nitrogens with one attached hydrogen (secondary N) is 2. The van der Waals surface area contributed by atoms with Gasteiger partial charge in [0.25, 0.3) is 5.91 Å². The summed E-state index contributed by atoms with van der Waals surface area (Å²) in [4.78, 5) is 20.9. The number of anilines is 2. The second-order valence-electron chi connectivity index (χ2n) is 5.84. The van der Waals surface area contributed by atoms with Crippen LogP contribution >= 0.6 is 11.6 Å². The number of halogens is 1. The van der Waals surface area contributed by atoms with E-state index in [1.54, 1.807) is 24.4 Å². The van der Waals surface area contributed by atoms with Gasteiger partial charge in [0.15, 0.2) is 0 Å². The van der Waals surface area contributed by atoms with E-state index in [-0.39, 0.29) is 5.91 Å². The Labute approximate surface area is 157 Å². The second kappa shape index (κ2) is 8.45. The lowest BCUT2D eigenvalue weighted by atomic mass is 10.1. The highest BCUT2D eigenvalue weighted by atomic mass is 35.5. The summed E-state index contributed by atoms with van der Waals surface area (Å²) in [6.07, 6.45) is 2.42. The molecule has 0 aliphatic heterocycles. The fourth-order valence-electron chi connectivity index (χ4n) is 2.45. The Morgan fingerprint density at radius 1 is 1.12 bits per heavy atom. The lowest BCUT2D eigenvalue weighted by Crippen LogP contribution is -2.16. The first-order valence-corrected chi connectivity index (χ1v) is 8.68. The van der Waals surface area contributed by atoms with E-state index >= 15 is 0 Å². The number of rotatable bonds is 6. The van der Waals surface area contributed by atoms with Gasteiger partial charge in [-0.25, -0.2) is 9.97 Å². The Kier molecular flexibility index (Phi) is 5.81. The van der Waals surface area contributed by atoms with Gasteiger partial charge in [-0.3, -0.25) is 4.79 Å². The van der Waals surface area contributed by atoms with Gasteiger partial charge in [-0.05, 0) is 42.7 Å². The molecule has 1 aromatic heterocycles. The molecule has 2 aromatic carbocycles. The summed E-state index contributed by atoms with van der Waals surface area (Å²) in [5, 5.41) is 6.55. The van der Waals surface area contributed by atoms with Crippen molar-refractivity contribution in [3.05, 3.63) is 82.6 Å². The minimum atomic E-state index is -0.302. The van der Waals surface area contributed by atoms with Gasteiger partial charge in [0.1, 0.15) is 5.69 Å².